The van der Waals surface area contributed by atoms with Crippen molar-refractivity contribution >= 4 is 22.5 Å². The Hall–Kier alpha value is -2.83. The van der Waals surface area contributed by atoms with E-state index >= 15 is 0 Å². The van der Waals surface area contributed by atoms with Gasteiger partial charge in [0.15, 0.2) is 0 Å². The number of carbonyl (C=O) groups is 1. The van der Waals surface area contributed by atoms with Crippen LogP contribution in [-0.2, 0) is 11.3 Å². The minimum atomic E-state index is -0.0448. The van der Waals surface area contributed by atoms with E-state index in [1.165, 1.54) is 0 Å². The first-order chi connectivity index (χ1) is 12.4. The summed E-state index contributed by atoms with van der Waals surface area (Å²) in [5.74, 6) is 0.750. The first-order valence-corrected chi connectivity index (χ1v) is 8.75. The topological polar surface area (TPSA) is 74.0 Å². The number of methoxy groups -OCH3 is 1. The number of rotatable bonds is 6. The molecule has 0 saturated heterocycles. The first-order valence-electron chi connectivity index (χ1n) is 8.75. The summed E-state index contributed by atoms with van der Waals surface area (Å²) in [4.78, 5) is 12.4. The van der Waals surface area contributed by atoms with Gasteiger partial charge in [-0.25, -0.2) is 0 Å². The van der Waals surface area contributed by atoms with Crippen LogP contribution in [0.15, 0.2) is 24.4 Å². The quantitative estimate of drug-likeness (QED) is 0.735. The Morgan fingerprint density at radius 3 is 2.73 bits per heavy atom. The molecule has 0 aliphatic carbocycles. The van der Waals surface area contributed by atoms with E-state index in [4.69, 9.17) is 4.74 Å². The lowest BCUT2D eigenvalue weighted by molar-refractivity contribution is -0.116. The molecule has 2 aromatic heterocycles. The third-order valence-corrected chi connectivity index (χ3v) is 4.48. The van der Waals surface area contributed by atoms with E-state index in [1.807, 2.05) is 41.4 Å². The maximum Gasteiger partial charge on any atom is 0.226 e. The SMILES string of the molecule is COc1ccc2c(cnn2CCC(=O)Nc2c(C)nn(C(C)C)c2C)c1. The van der Waals surface area contributed by atoms with E-state index in [2.05, 4.69) is 29.4 Å². The molecule has 3 aromatic rings. The van der Waals surface area contributed by atoms with Gasteiger partial charge in [0, 0.05) is 17.8 Å². The van der Waals surface area contributed by atoms with Crippen LogP contribution in [0, 0.1) is 13.8 Å². The van der Waals surface area contributed by atoms with Crippen molar-refractivity contribution in [1.82, 2.24) is 19.6 Å². The molecule has 26 heavy (non-hydrogen) atoms. The Kier molecular flexibility index (Phi) is 4.97. The average molecular weight is 355 g/mol. The highest BCUT2D eigenvalue weighted by atomic mass is 16.5. The molecule has 0 aliphatic rings. The normalized spacial score (nSPS) is 11.3. The largest absolute Gasteiger partial charge is 0.497 e. The second kappa shape index (κ2) is 7.19. The first kappa shape index (κ1) is 18.0. The van der Waals surface area contributed by atoms with Gasteiger partial charge in [0.05, 0.1) is 42.4 Å². The molecule has 0 spiro atoms. The number of carbonyl (C=O) groups excluding carboxylic acids is 1. The highest BCUT2D eigenvalue weighted by molar-refractivity contribution is 5.92. The minimum absolute atomic E-state index is 0.0448. The van der Waals surface area contributed by atoms with Crippen molar-refractivity contribution in [1.29, 1.82) is 0 Å². The predicted molar refractivity (Wildman–Crippen MR) is 102 cm³/mol. The zero-order chi connectivity index (χ0) is 18.8. The van der Waals surface area contributed by atoms with Crippen LogP contribution in [0.25, 0.3) is 10.9 Å². The number of amides is 1. The van der Waals surface area contributed by atoms with Crippen molar-refractivity contribution in [3.05, 3.63) is 35.8 Å². The number of aryl methyl sites for hydroxylation is 2. The zero-order valence-electron chi connectivity index (χ0n) is 15.9. The Morgan fingerprint density at radius 2 is 2.08 bits per heavy atom. The lowest BCUT2D eigenvalue weighted by Gasteiger charge is -2.09. The van der Waals surface area contributed by atoms with Crippen LogP contribution in [-0.4, -0.2) is 32.6 Å². The summed E-state index contributed by atoms with van der Waals surface area (Å²) in [6.07, 6.45) is 2.13. The number of benzene rings is 1. The third-order valence-electron chi connectivity index (χ3n) is 4.48. The summed E-state index contributed by atoms with van der Waals surface area (Å²) < 4.78 is 9.00. The molecule has 138 valence electrons. The van der Waals surface area contributed by atoms with Gasteiger partial charge in [-0.3, -0.25) is 14.2 Å². The van der Waals surface area contributed by atoms with Gasteiger partial charge in [-0.1, -0.05) is 0 Å². The molecule has 0 radical (unpaired) electrons. The average Bonchev–Trinajstić information content (AvgIpc) is 3.15. The Bertz CT molecular complexity index is 939. The van der Waals surface area contributed by atoms with Crippen molar-refractivity contribution in [2.75, 3.05) is 12.4 Å². The summed E-state index contributed by atoms with van der Waals surface area (Å²) in [6, 6.07) is 6.05. The fraction of sp³-hybridized carbons (Fsp3) is 0.421. The van der Waals surface area contributed by atoms with Gasteiger partial charge in [-0.15, -0.1) is 0 Å². The number of hydrogen-bond donors (Lipinski definition) is 1. The lowest BCUT2D eigenvalue weighted by Crippen LogP contribution is -2.16. The molecule has 0 unspecified atom stereocenters. The predicted octanol–water partition coefficient (Wildman–Crippen LogP) is 3.47. The second-order valence-electron chi connectivity index (χ2n) is 6.67. The number of anilines is 1. The molecular formula is C19H25N5O2. The Morgan fingerprint density at radius 1 is 1.31 bits per heavy atom. The van der Waals surface area contributed by atoms with Gasteiger partial charge in [0.2, 0.25) is 5.91 Å². The second-order valence-corrected chi connectivity index (χ2v) is 6.67. The van der Waals surface area contributed by atoms with Crippen LogP contribution >= 0.6 is 0 Å². The number of ether oxygens (including phenoxy) is 1. The van der Waals surface area contributed by atoms with Crippen molar-refractivity contribution in [2.24, 2.45) is 0 Å². The number of fused-ring (bicyclic) bond motifs is 1. The lowest BCUT2D eigenvalue weighted by atomic mass is 10.2. The highest BCUT2D eigenvalue weighted by Crippen LogP contribution is 2.23. The molecule has 0 atom stereocenters. The van der Waals surface area contributed by atoms with Crippen molar-refractivity contribution in [2.45, 2.75) is 46.7 Å². The van der Waals surface area contributed by atoms with Crippen LogP contribution < -0.4 is 10.1 Å². The van der Waals surface area contributed by atoms with Gasteiger partial charge in [0.25, 0.3) is 0 Å². The summed E-state index contributed by atoms with van der Waals surface area (Å²) in [5, 5.41) is 12.9. The summed E-state index contributed by atoms with van der Waals surface area (Å²) in [5.41, 5.74) is 3.60. The summed E-state index contributed by atoms with van der Waals surface area (Å²) >= 11 is 0. The van der Waals surface area contributed by atoms with Gasteiger partial charge in [-0.05, 0) is 45.9 Å². The van der Waals surface area contributed by atoms with E-state index < -0.39 is 0 Å². The van der Waals surface area contributed by atoms with Crippen LogP contribution in [0.2, 0.25) is 0 Å². The maximum absolute atomic E-state index is 12.4. The van der Waals surface area contributed by atoms with Gasteiger partial charge >= 0.3 is 0 Å². The smallest absolute Gasteiger partial charge is 0.226 e. The van der Waals surface area contributed by atoms with Crippen LogP contribution in [0.1, 0.15) is 37.7 Å². The number of aromatic nitrogens is 4. The fourth-order valence-electron chi connectivity index (χ4n) is 3.13. The zero-order valence-corrected chi connectivity index (χ0v) is 15.9. The number of hydrogen-bond acceptors (Lipinski definition) is 4. The summed E-state index contributed by atoms with van der Waals surface area (Å²) in [6.45, 7) is 8.55. The Balaban J connectivity index is 1.68. The molecule has 1 aromatic carbocycles. The van der Waals surface area contributed by atoms with Crippen LogP contribution in [0.3, 0.4) is 0 Å². The van der Waals surface area contributed by atoms with Crippen molar-refractivity contribution in [3.63, 3.8) is 0 Å². The van der Waals surface area contributed by atoms with E-state index in [-0.39, 0.29) is 11.9 Å². The molecule has 3 rings (SSSR count). The molecule has 0 fully saturated rings. The molecule has 7 heteroatoms. The molecule has 2 heterocycles. The maximum atomic E-state index is 12.4. The molecule has 1 N–H and O–H groups in total. The molecule has 0 aliphatic heterocycles. The van der Waals surface area contributed by atoms with Gasteiger partial charge in [-0.2, -0.15) is 10.2 Å². The van der Waals surface area contributed by atoms with Gasteiger partial charge < -0.3 is 10.1 Å². The third kappa shape index (κ3) is 3.42. The Labute approximate surface area is 152 Å². The summed E-state index contributed by atoms with van der Waals surface area (Å²) in [7, 11) is 1.64. The van der Waals surface area contributed by atoms with E-state index in [0.717, 1.165) is 33.7 Å². The van der Waals surface area contributed by atoms with Crippen molar-refractivity contribution < 1.29 is 9.53 Å². The van der Waals surface area contributed by atoms with Crippen LogP contribution in [0.5, 0.6) is 5.75 Å². The fourth-order valence-corrected chi connectivity index (χ4v) is 3.13. The van der Waals surface area contributed by atoms with E-state index in [0.29, 0.717) is 13.0 Å². The minimum Gasteiger partial charge on any atom is -0.497 e. The molecular weight excluding hydrogens is 330 g/mol. The molecule has 7 nitrogen and oxygen atoms in total. The molecule has 0 saturated carbocycles. The van der Waals surface area contributed by atoms with Crippen molar-refractivity contribution in [3.8, 4) is 5.75 Å². The number of nitrogens with zero attached hydrogens (tertiary/aromatic N) is 4. The number of nitrogens with one attached hydrogen (secondary N) is 1. The van der Waals surface area contributed by atoms with Gasteiger partial charge in [0.1, 0.15) is 5.75 Å². The standard InChI is InChI=1S/C19H25N5O2/c1-12(2)24-14(4)19(13(3)22-24)21-18(25)8-9-23-17-7-6-16(26-5)10-15(17)11-20-23/h6-7,10-12H,8-9H2,1-5H3,(H,21,25). The van der Waals surface area contributed by atoms with E-state index in [1.54, 1.807) is 13.3 Å². The highest BCUT2D eigenvalue weighted by Gasteiger charge is 2.16. The van der Waals surface area contributed by atoms with Crippen LogP contribution in [0.4, 0.5) is 5.69 Å². The molecule has 0 bridgehead atoms. The monoisotopic (exact) mass is 355 g/mol. The molecule has 1 amide bonds. The van der Waals surface area contributed by atoms with E-state index in [9.17, 15) is 4.79 Å².